The number of carbonyl (C=O) groups is 1. The Morgan fingerprint density at radius 2 is 2.24 bits per heavy atom. The largest absolute Gasteiger partial charge is 0.493 e. The van der Waals surface area contributed by atoms with Crippen molar-refractivity contribution in [3.63, 3.8) is 0 Å². The summed E-state index contributed by atoms with van der Waals surface area (Å²) in [4.78, 5) is 14.2. The second kappa shape index (κ2) is 5.90. The van der Waals surface area contributed by atoms with E-state index in [1.807, 2.05) is 37.0 Å². The maximum Gasteiger partial charge on any atom is 0.246 e. The van der Waals surface area contributed by atoms with Crippen LogP contribution in [0, 0.1) is 0 Å². The van der Waals surface area contributed by atoms with Gasteiger partial charge in [-0.15, -0.1) is 0 Å². The van der Waals surface area contributed by atoms with Gasteiger partial charge in [0.2, 0.25) is 5.91 Å². The number of rotatable bonds is 2. The van der Waals surface area contributed by atoms with Crippen molar-refractivity contribution in [2.45, 2.75) is 32.4 Å². The highest BCUT2D eigenvalue weighted by Crippen LogP contribution is 2.26. The summed E-state index contributed by atoms with van der Waals surface area (Å²) in [5, 5.41) is 0. The molecule has 2 aliphatic heterocycles. The van der Waals surface area contributed by atoms with Gasteiger partial charge in [0.25, 0.3) is 0 Å². The molecule has 112 valence electrons. The molecule has 0 saturated carbocycles. The summed E-state index contributed by atoms with van der Waals surface area (Å²) in [6.45, 7) is 6.03. The zero-order valence-corrected chi connectivity index (χ0v) is 12.5. The van der Waals surface area contributed by atoms with Gasteiger partial charge in [-0.1, -0.05) is 6.07 Å². The lowest BCUT2D eigenvalue weighted by molar-refractivity contribution is -0.137. The Morgan fingerprint density at radius 1 is 1.38 bits per heavy atom. The third-order valence-electron chi connectivity index (χ3n) is 4.02. The molecule has 0 aliphatic carbocycles. The number of ether oxygens (including phenoxy) is 2. The molecule has 1 aromatic rings. The van der Waals surface area contributed by atoms with Crippen LogP contribution in [0.5, 0.6) is 5.75 Å². The van der Waals surface area contributed by atoms with Crippen molar-refractivity contribution in [2.24, 2.45) is 0 Å². The van der Waals surface area contributed by atoms with Gasteiger partial charge in [0.1, 0.15) is 5.75 Å². The van der Waals surface area contributed by atoms with Crippen molar-refractivity contribution in [3.05, 3.63) is 35.4 Å². The molecule has 2 heterocycles. The van der Waals surface area contributed by atoms with Crippen molar-refractivity contribution < 1.29 is 14.3 Å². The fraction of sp³-hybridized carbons (Fsp3) is 0.471. The van der Waals surface area contributed by atoms with E-state index in [2.05, 4.69) is 6.07 Å². The standard InChI is InChI=1S/C17H21NO3/c1-12-11-21-13(2)10-18(12)17(19)6-4-14-3-5-16-15(9-14)7-8-20-16/h3-6,9,12-13H,7-8,10-11H2,1-2H3/b6-4+. The van der Waals surface area contributed by atoms with Gasteiger partial charge in [0.05, 0.1) is 25.4 Å². The average Bonchev–Trinajstić information content (AvgIpc) is 2.94. The quantitative estimate of drug-likeness (QED) is 0.783. The minimum Gasteiger partial charge on any atom is -0.493 e. The summed E-state index contributed by atoms with van der Waals surface area (Å²) in [5.74, 6) is 1.02. The van der Waals surface area contributed by atoms with Gasteiger partial charge in [0, 0.05) is 19.0 Å². The number of benzene rings is 1. The van der Waals surface area contributed by atoms with Crippen molar-refractivity contribution in [2.75, 3.05) is 19.8 Å². The number of hydrogen-bond donors (Lipinski definition) is 0. The molecular weight excluding hydrogens is 266 g/mol. The normalized spacial score (nSPS) is 25.0. The zero-order valence-electron chi connectivity index (χ0n) is 12.5. The molecule has 0 bridgehead atoms. The number of hydrogen-bond acceptors (Lipinski definition) is 3. The summed E-state index contributed by atoms with van der Waals surface area (Å²) in [6, 6.07) is 6.19. The van der Waals surface area contributed by atoms with Crippen LogP contribution in [-0.4, -0.2) is 42.7 Å². The van der Waals surface area contributed by atoms with Gasteiger partial charge in [-0.2, -0.15) is 0 Å². The molecule has 1 aromatic carbocycles. The Labute approximate surface area is 125 Å². The van der Waals surface area contributed by atoms with Crippen molar-refractivity contribution in [1.82, 2.24) is 4.90 Å². The average molecular weight is 287 g/mol. The van der Waals surface area contributed by atoms with Gasteiger partial charge < -0.3 is 14.4 Å². The van der Waals surface area contributed by atoms with Gasteiger partial charge in [-0.25, -0.2) is 0 Å². The van der Waals surface area contributed by atoms with Crippen LogP contribution < -0.4 is 4.74 Å². The van der Waals surface area contributed by atoms with E-state index in [0.717, 1.165) is 24.3 Å². The molecule has 3 rings (SSSR count). The lowest BCUT2D eigenvalue weighted by Gasteiger charge is -2.36. The minimum atomic E-state index is 0.0504. The number of fused-ring (bicyclic) bond motifs is 1. The predicted octanol–water partition coefficient (Wildman–Crippen LogP) is 2.27. The molecule has 4 nitrogen and oxygen atoms in total. The topological polar surface area (TPSA) is 38.8 Å². The molecule has 1 fully saturated rings. The van der Waals surface area contributed by atoms with E-state index in [0.29, 0.717) is 13.2 Å². The first-order valence-corrected chi connectivity index (χ1v) is 7.49. The number of carbonyl (C=O) groups excluding carboxylic acids is 1. The van der Waals surface area contributed by atoms with Crippen molar-refractivity contribution in [3.8, 4) is 5.75 Å². The lowest BCUT2D eigenvalue weighted by atomic mass is 10.1. The smallest absolute Gasteiger partial charge is 0.246 e. The van der Waals surface area contributed by atoms with Crippen molar-refractivity contribution in [1.29, 1.82) is 0 Å². The summed E-state index contributed by atoms with van der Waals surface area (Å²) < 4.78 is 11.0. The van der Waals surface area contributed by atoms with Crippen LogP contribution in [-0.2, 0) is 16.0 Å². The number of amides is 1. The van der Waals surface area contributed by atoms with E-state index in [1.54, 1.807) is 6.08 Å². The summed E-state index contributed by atoms with van der Waals surface area (Å²) in [6.07, 6.45) is 4.60. The molecule has 4 heteroatoms. The fourth-order valence-electron chi connectivity index (χ4n) is 2.78. The minimum absolute atomic E-state index is 0.0504. The van der Waals surface area contributed by atoms with Crippen LogP contribution in [0.15, 0.2) is 24.3 Å². The Bertz CT molecular complexity index is 567. The Morgan fingerprint density at radius 3 is 3.10 bits per heavy atom. The maximum atomic E-state index is 12.3. The van der Waals surface area contributed by atoms with E-state index in [9.17, 15) is 4.79 Å². The van der Waals surface area contributed by atoms with E-state index < -0.39 is 0 Å². The van der Waals surface area contributed by atoms with Crippen LogP contribution in [0.3, 0.4) is 0 Å². The first-order chi connectivity index (χ1) is 10.1. The summed E-state index contributed by atoms with van der Waals surface area (Å²) in [7, 11) is 0. The van der Waals surface area contributed by atoms with Crippen LogP contribution in [0.25, 0.3) is 6.08 Å². The van der Waals surface area contributed by atoms with Crippen LogP contribution in [0.4, 0.5) is 0 Å². The highest BCUT2D eigenvalue weighted by Gasteiger charge is 2.26. The molecule has 1 amide bonds. The first-order valence-electron chi connectivity index (χ1n) is 7.49. The Hall–Kier alpha value is -1.81. The SMILES string of the molecule is CC1CN(C(=O)/C=C/c2ccc3c(c2)CCO3)C(C)CO1. The van der Waals surface area contributed by atoms with Crippen LogP contribution >= 0.6 is 0 Å². The molecule has 1 saturated heterocycles. The van der Waals surface area contributed by atoms with Crippen LogP contribution in [0.1, 0.15) is 25.0 Å². The number of nitrogens with zero attached hydrogens (tertiary/aromatic N) is 1. The third-order valence-corrected chi connectivity index (χ3v) is 4.02. The van der Waals surface area contributed by atoms with E-state index >= 15 is 0 Å². The Kier molecular flexibility index (Phi) is 3.97. The molecule has 2 aliphatic rings. The summed E-state index contributed by atoms with van der Waals surface area (Å²) in [5.41, 5.74) is 2.26. The molecule has 0 N–H and O–H groups in total. The highest BCUT2D eigenvalue weighted by molar-refractivity contribution is 5.92. The van der Waals surface area contributed by atoms with Gasteiger partial charge in [0.15, 0.2) is 0 Å². The zero-order chi connectivity index (χ0) is 14.8. The predicted molar refractivity (Wildman–Crippen MR) is 81.3 cm³/mol. The maximum absolute atomic E-state index is 12.3. The molecule has 2 atom stereocenters. The first kappa shape index (κ1) is 14.1. The molecule has 2 unspecified atom stereocenters. The molecule has 0 aromatic heterocycles. The van der Waals surface area contributed by atoms with Crippen molar-refractivity contribution >= 4 is 12.0 Å². The Balaban J connectivity index is 1.69. The van der Waals surface area contributed by atoms with E-state index in [1.165, 1.54) is 5.56 Å². The lowest BCUT2D eigenvalue weighted by Crippen LogP contribution is -2.49. The van der Waals surface area contributed by atoms with E-state index in [4.69, 9.17) is 9.47 Å². The second-order valence-corrected chi connectivity index (χ2v) is 5.78. The number of morpholine rings is 1. The highest BCUT2D eigenvalue weighted by atomic mass is 16.5. The second-order valence-electron chi connectivity index (χ2n) is 5.78. The molecule has 0 radical (unpaired) electrons. The summed E-state index contributed by atoms with van der Waals surface area (Å²) >= 11 is 0. The van der Waals surface area contributed by atoms with E-state index in [-0.39, 0.29) is 18.1 Å². The van der Waals surface area contributed by atoms with Gasteiger partial charge >= 0.3 is 0 Å². The van der Waals surface area contributed by atoms with Gasteiger partial charge in [-0.3, -0.25) is 4.79 Å². The fourth-order valence-corrected chi connectivity index (χ4v) is 2.78. The molecule has 21 heavy (non-hydrogen) atoms. The van der Waals surface area contributed by atoms with Gasteiger partial charge in [-0.05, 0) is 43.2 Å². The third kappa shape index (κ3) is 3.10. The molecule has 0 spiro atoms. The van der Waals surface area contributed by atoms with Crippen LogP contribution in [0.2, 0.25) is 0 Å². The monoisotopic (exact) mass is 287 g/mol. The molecular formula is C17H21NO3.